The molecule has 13 heavy (non-hydrogen) atoms. The Bertz CT molecular complexity index is 148. The van der Waals surface area contributed by atoms with E-state index in [1.807, 2.05) is 0 Å². The number of nitrogens with one attached hydrogen (secondary N) is 1. The van der Waals surface area contributed by atoms with Crippen LogP contribution in [0.25, 0.3) is 0 Å². The van der Waals surface area contributed by atoms with E-state index in [9.17, 15) is 5.11 Å². The van der Waals surface area contributed by atoms with Gasteiger partial charge in [0.05, 0.1) is 5.60 Å². The largest absolute Gasteiger partial charge is 0.390 e. The summed E-state index contributed by atoms with van der Waals surface area (Å²) in [6, 6.07) is 0.475. The monoisotopic (exact) mass is 207 g/mol. The minimum Gasteiger partial charge on any atom is -0.390 e. The van der Waals surface area contributed by atoms with Crippen LogP contribution in [-0.2, 0) is 0 Å². The number of hydrogen-bond acceptors (Lipinski definition) is 2. The molecular formula is C10H22ClNO. The zero-order valence-electron chi connectivity index (χ0n) is 8.84. The van der Waals surface area contributed by atoms with Crippen LogP contribution in [0.4, 0.5) is 0 Å². The molecule has 0 aromatic carbocycles. The number of halogens is 1. The van der Waals surface area contributed by atoms with Gasteiger partial charge in [-0.2, -0.15) is 0 Å². The molecule has 0 aromatic rings. The zero-order chi connectivity index (χ0) is 9.19. The van der Waals surface area contributed by atoms with Crippen LogP contribution in [0.2, 0.25) is 0 Å². The second kappa shape index (κ2) is 5.18. The van der Waals surface area contributed by atoms with Crippen molar-refractivity contribution in [2.45, 2.75) is 51.7 Å². The van der Waals surface area contributed by atoms with E-state index in [0.29, 0.717) is 12.0 Å². The van der Waals surface area contributed by atoms with Crippen LogP contribution in [0.5, 0.6) is 0 Å². The van der Waals surface area contributed by atoms with Gasteiger partial charge in [-0.25, -0.2) is 0 Å². The van der Waals surface area contributed by atoms with Crippen LogP contribution in [0.1, 0.15) is 40.0 Å². The summed E-state index contributed by atoms with van der Waals surface area (Å²) < 4.78 is 0. The normalized spacial score (nSPS) is 34.4. The van der Waals surface area contributed by atoms with Gasteiger partial charge in [-0.1, -0.05) is 13.8 Å². The van der Waals surface area contributed by atoms with Crippen LogP contribution in [0.15, 0.2) is 0 Å². The summed E-state index contributed by atoms with van der Waals surface area (Å²) in [5, 5.41) is 13.5. The van der Waals surface area contributed by atoms with Crippen LogP contribution in [-0.4, -0.2) is 23.3 Å². The summed E-state index contributed by atoms with van der Waals surface area (Å²) in [4.78, 5) is 0. The lowest BCUT2D eigenvalue weighted by Gasteiger charge is -2.37. The standard InChI is InChI=1S/C10H21NO.ClH/c1-8(2)6-10(12)4-5-11-9(3)7-10;/h8-9,11-12H,4-7H2,1-3H3;1H. The van der Waals surface area contributed by atoms with E-state index in [4.69, 9.17) is 0 Å². The van der Waals surface area contributed by atoms with Crippen LogP contribution in [0.3, 0.4) is 0 Å². The third-order valence-corrected chi connectivity index (χ3v) is 2.56. The Labute approximate surface area is 87.5 Å². The predicted molar refractivity (Wildman–Crippen MR) is 58.4 cm³/mol. The van der Waals surface area contributed by atoms with E-state index in [0.717, 1.165) is 25.8 Å². The van der Waals surface area contributed by atoms with E-state index in [-0.39, 0.29) is 12.4 Å². The first-order valence-electron chi connectivity index (χ1n) is 4.98. The summed E-state index contributed by atoms with van der Waals surface area (Å²) >= 11 is 0. The van der Waals surface area contributed by atoms with Crippen molar-refractivity contribution < 1.29 is 5.11 Å². The third kappa shape index (κ3) is 4.30. The number of piperidine rings is 1. The average Bonchev–Trinajstić information content (AvgIpc) is 1.82. The van der Waals surface area contributed by atoms with Crippen molar-refractivity contribution in [3.05, 3.63) is 0 Å². The molecule has 1 rings (SSSR count). The number of hydrogen-bond donors (Lipinski definition) is 2. The molecule has 0 bridgehead atoms. The summed E-state index contributed by atoms with van der Waals surface area (Å²) in [7, 11) is 0. The highest BCUT2D eigenvalue weighted by Crippen LogP contribution is 2.28. The Balaban J connectivity index is 0.00000144. The van der Waals surface area contributed by atoms with Gasteiger partial charge >= 0.3 is 0 Å². The molecule has 80 valence electrons. The van der Waals surface area contributed by atoms with E-state index >= 15 is 0 Å². The summed E-state index contributed by atoms with van der Waals surface area (Å²) in [6.07, 6.45) is 2.76. The lowest BCUT2D eigenvalue weighted by molar-refractivity contribution is -0.0190. The molecule has 2 unspecified atom stereocenters. The third-order valence-electron chi connectivity index (χ3n) is 2.56. The molecule has 2 nitrogen and oxygen atoms in total. The first-order valence-corrected chi connectivity index (χ1v) is 4.98. The fourth-order valence-electron chi connectivity index (χ4n) is 2.24. The summed E-state index contributed by atoms with van der Waals surface area (Å²) in [5.41, 5.74) is -0.390. The summed E-state index contributed by atoms with van der Waals surface area (Å²) in [6.45, 7) is 7.45. The number of aliphatic hydroxyl groups is 1. The van der Waals surface area contributed by atoms with Gasteiger partial charge in [0.2, 0.25) is 0 Å². The molecule has 0 aliphatic carbocycles. The van der Waals surface area contributed by atoms with Gasteiger partial charge in [0.1, 0.15) is 0 Å². The average molecular weight is 208 g/mol. The van der Waals surface area contributed by atoms with E-state index in [1.165, 1.54) is 0 Å². The maximum Gasteiger partial charge on any atom is 0.0677 e. The van der Waals surface area contributed by atoms with Gasteiger partial charge < -0.3 is 10.4 Å². The first kappa shape index (κ1) is 13.2. The van der Waals surface area contributed by atoms with Crippen LogP contribution < -0.4 is 5.32 Å². The molecule has 2 N–H and O–H groups in total. The van der Waals surface area contributed by atoms with Crippen LogP contribution >= 0.6 is 12.4 Å². The van der Waals surface area contributed by atoms with E-state index < -0.39 is 5.60 Å². The predicted octanol–water partition coefficient (Wildman–Crippen LogP) is 1.96. The molecule has 1 saturated heterocycles. The highest BCUT2D eigenvalue weighted by atomic mass is 35.5. The Morgan fingerprint density at radius 3 is 2.62 bits per heavy atom. The maximum absolute atomic E-state index is 10.2. The molecule has 3 heteroatoms. The molecule has 0 aromatic heterocycles. The van der Waals surface area contributed by atoms with Crippen molar-refractivity contribution in [3.63, 3.8) is 0 Å². The van der Waals surface area contributed by atoms with E-state index in [2.05, 4.69) is 26.1 Å². The molecule has 0 spiro atoms. The molecule has 0 saturated carbocycles. The fourth-order valence-corrected chi connectivity index (χ4v) is 2.24. The Kier molecular flexibility index (Phi) is 5.26. The lowest BCUT2D eigenvalue weighted by Crippen LogP contribution is -2.47. The summed E-state index contributed by atoms with van der Waals surface area (Å²) in [5.74, 6) is 0.597. The Morgan fingerprint density at radius 1 is 1.54 bits per heavy atom. The van der Waals surface area contributed by atoms with Gasteiger partial charge in [-0.15, -0.1) is 12.4 Å². The maximum atomic E-state index is 10.2. The Morgan fingerprint density at radius 2 is 2.15 bits per heavy atom. The minimum absolute atomic E-state index is 0. The second-order valence-electron chi connectivity index (χ2n) is 4.63. The van der Waals surface area contributed by atoms with Crippen molar-refractivity contribution in [2.75, 3.05) is 6.54 Å². The first-order chi connectivity index (χ1) is 5.52. The van der Waals surface area contributed by atoms with Crippen LogP contribution in [0, 0.1) is 5.92 Å². The quantitative estimate of drug-likeness (QED) is 0.726. The fraction of sp³-hybridized carbons (Fsp3) is 1.00. The molecule has 0 radical (unpaired) electrons. The van der Waals surface area contributed by atoms with Gasteiger partial charge in [0, 0.05) is 6.04 Å². The van der Waals surface area contributed by atoms with Gasteiger partial charge in [0.25, 0.3) is 0 Å². The smallest absolute Gasteiger partial charge is 0.0677 e. The van der Waals surface area contributed by atoms with Crippen molar-refractivity contribution in [1.82, 2.24) is 5.32 Å². The molecule has 1 aliphatic rings. The van der Waals surface area contributed by atoms with Crippen molar-refractivity contribution in [1.29, 1.82) is 0 Å². The highest BCUT2D eigenvalue weighted by molar-refractivity contribution is 5.85. The lowest BCUT2D eigenvalue weighted by atomic mass is 9.82. The molecule has 0 amide bonds. The molecular weight excluding hydrogens is 186 g/mol. The second-order valence-corrected chi connectivity index (χ2v) is 4.63. The topological polar surface area (TPSA) is 32.3 Å². The van der Waals surface area contributed by atoms with Crippen molar-refractivity contribution >= 4 is 12.4 Å². The highest BCUT2D eigenvalue weighted by Gasteiger charge is 2.32. The zero-order valence-corrected chi connectivity index (χ0v) is 9.66. The molecule has 1 heterocycles. The van der Waals surface area contributed by atoms with Gasteiger partial charge in [-0.05, 0) is 38.6 Å². The van der Waals surface area contributed by atoms with Gasteiger partial charge in [-0.3, -0.25) is 0 Å². The SMILES string of the molecule is CC(C)CC1(O)CCNC(C)C1.Cl. The molecule has 1 aliphatic heterocycles. The minimum atomic E-state index is -0.390. The number of rotatable bonds is 2. The van der Waals surface area contributed by atoms with Crippen molar-refractivity contribution in [2.24, 2.45) is 5.92 Å². The van der Waals surface area contributed by atoms with Gasteiger partial charge in [0.15, 0.2) is 0 Å². The van der Waals surface area contributed by atoms with Crippen molar-refractivity contribution in [3.8, 4) is 0 Å². The Hall–Kier alpha value is 0.210. The molecule has 1 fully saturated rings. The molecule has 2 atom stereocenters. The van der Waals surface area contributed by atoms with E-state index in [1.54, 1.807) is 0 Å².